The van der Waals surface area contributed by atoms with Crippen molar-refractivity contribution in [2.75, 3.05) is 19.6 Å². The molecule has 0 aliphatic carbocycles. The van der Waals surface area contributed by atoms with Crippen molar-refractivity contribution in [3.63, 3.8) is 0 Å². The first-order valence-corrected chi connectivity index (χ1v) is 13.6. The van der Waals surface area contributed by atoms with Gasteiger partial charge in [-0.1, -0.05) is 52.3 Å². The van der Waals surface area contributed by atoms with Crippen LogP contribution in [0.25, 0.3) is 22.4 Å². The van der Waals surface area contributed by atoms with E-state index >= 15 is 0 Å². The Morgan fingerprint density at radius 1 is 1.18 bits per heavy atom. The molecule has 0 radical (unpaired) electrons. The molecule has 1 aromatic carbocycles. The molecule has 2 aromatic heterocycles. The monoisotopic (exact) mass is 541 g/mol. The second-order valence-electron chi connectivity index (χ2n) is 12.0. The van der Waals surface area contributed by atoms with E-state index in [1.807, 2.05) is 38.7 Å². The number of fused-ring (bicyclic) bond motifs is 1. The van der Waals surface area contributed by atoms with Crippen molar-refractivity contribution in [3.05, 3.63) is 52.5 Å². The molecule has 0 N–H and O–H groups in total. The molecule has 1 aliphatic heterocycles. The zero-order valence-corrected chi connectivity index (χ0v) is 24.1. The van der Waals surface area contributed by atoms with Crippen LogP contribution in [-0.2, 0) is 10.2 Å². The fourth-order valence-corrected chi connectivity index (χ4v) is 5.14. The van der Waals surface area contributed by atoms with Gasteiger partial charge in [-0.25, -0.2) is 9.37 Å². The van der Waals surface area contributed by atoms with Crippen LogP contribution in [0.5, 0.6) is 0 Å². The molecule has 38 heavy (non-hydrogen) atoms. The Balaban J connectivity index is 1.73. The number of carbonyl (C=O) groups is 2. The van der Waals surface area contributed by atoms with E-state index in [1.165, 1.54) is 12.1 Å². The average molecular weight is 542 g/mol. The van der Waals surface area contributed by atoms with Gasteiger partial charge in [0.15, 0.2) is 11.3 Å². The Kier molecular flexibility index (Phi) is 7.63. The first kappa shape index (κ1) is 28.1. The fraction of sp³-hybridized carbons (Fsp3) is 0.500. The first-order chi connectivity index (χ1) is 17.7. The molecule has 1 unspecified atom stereocenters. The van der Waals surface area contributed by atoms with Crippen LogP contribution in [0, 0.1) is 11.7 Å². The minimum Gasteiger partial charge on any atom is -0.449 e. The summed E-state index contributed by atoms with van der Waals surface area (Å²) in [5, 5.41) is 0.0477. The Morgan fingerprint density at radius 3 is 2.53 bits per heavy atom. The van der Waals surface area contributed by atoms with Gasteiger partial charge in [0.25, 0.3) is 5.91 Å². The van der Waals surface area contributed by atoms with Crippen molar-refractivity contribution in [2.45, 2.75) is 72.3 Å². The van der Waals surface area contributed by atoms with Gasteiger partial charge in [0.1, 0.15) is 11.3 Å². The minimum atomic E-state index is -0.581. The first-order valence-electron chi connectivity index (χ1n) is 13.2. The topological polar surface area (TPSA) is 66.7 Å². The SMILES string of the molecule is CCC(C)C(=O)N1CCCN(C(=O)c2cc3nc(-c4ccc(Cl)c(F)c4)cc(C(C)(C)C)c3o2)C(C)(C)C1. The molecule has 4 rings (SSSR count). The van der Waals surface area contributed by atoms with E-state index in [2.05, 4.69) is 20.8 Å². The molecule has 6 nitrogen and oxygen atoms in total. The van der Waals surface area contributed by atoms with Gasteiger partial charge >= 0.3 is 0 Å². The number of rotatable bonds is 4. The van der Waals surface area contributed by atoms with Gasteiger partial charge in [0.2, 0.25) is 5.91 Å². The molecule has 2 amide bonds. The zero-order valence-electron chi connectivity index (χ0n) is 23.3. The smallest absolute Gasteiger partial charge is 0.290 e. The van der Waals surface area contributed by atoms with E-state index in [9.17, 15) is 14.0 Å². The number of halogens is 2. The number of benzene rings is 1. The van der Waals surface area contributed by atoms with Crippen molar-refractivity contribution in [1.82, 2.24) is 14.8 Å². The van der Waals surface area contributed by atoms with Crippen molar-refractivity contribution in [2.24, 2.45) is 5.92 Å². The molecule has 1 atom stereocenters. The molecule has 3 aromatic rings. The molecular formula is C30H37ClFN3O3. The third kappa shape index (κ3) is 5.44. The summed E-state index contributed by atoms with van der Waals surface area (Å²) >= 11 is 5.89. The van der Waals surface area contributed by atoms with Gasteiger partial charge in [-0.3, -0.25) is 9.59 Å². The summed E-state index contributed by atoms with van der Waals surface area (Å²) < 4.78 is 20.4. The van der Waals surface area contributed by atoms with E-state index in [1.54, 1.807) is 17.0 Å². The second-order valence-corrected chi connectivity index (χ2v) is 12.4. The molecule has 8 heteroatoms. The zero-order chi connectivity index (χ0) is 28.0. The highest BCUT2D eigenvalue weighted by Crippen LogP contribution is 2.36. The van der Waals surface area contributed by atoms with Crippen LogP contribution in [0.1, 0.15) is 77.4 Å². The summed E-state index contributed by atoms with van der Waals surface area (Å²) in [5.74, 6) is -0.467. The molecule has 0 saturated carbocycles. The van der Waals surface area contributed by atoms with Gasteiger partial charge < -0.3 is 14.2 Å². The van der Waals surface area contributed by atoms with Gasteiger partial charge in [-0.15, -0.1) is 0 Å². The summed E-state index contributed by atoms with van der Waals surface area (Å²) in [6.45, 7) is 15.7. The Hall–Kier alpha value is -2.93. The summed E-state index contributed by atoms with van der Waals surface area (Å²) in [6, 6.07) is 8.16. The Morgan fingerprint density at radius 2 is 1.89 bits per heavy atom. The number of pyridine rings is 1. The number of nitrogens with zero attached hydrogens (tertiary/aromatic N) is 3. The highest BCUT2D eigenvalue weighted by Gasteiger charge is 2.38. The second kappa shape index (κ2) is 10.3. The Bertz CT molecular complexity index is 1380. The average Bonchev–Trinajstić information content (AvgIpc) is 3.21. The van der Waals surface area contributed by atoms with Gasteiger partial charge in [0.05, 0.1) is 16.3 Å². The largest absolute Gasteiger partial charge is 0.449 e. The number of hydrogen-bond donors (Lipinski definition) is 0. The van der Waals surface area contributed by atoms with Crippen molar-refractivity contribution in [3.8, 4) is 11.3 Å². The van der Waals surface area contributed by atoms with Crippen molar-refractivity contribution in [1.29, 1.82) is 0 Å². The van der Waals surface area contributed by atoms with Crippen molar-refractivity contribution < 1.29 is 18.4 Å². The molecule has 0 bridgehead atoms. The third-order valence-electron chi connectivity index (χ3n) is 7.42. The maximum Gasteiger partial charge on any atom is 0.290 e. The van der Waals surface area contributed by atoms with Gasteiger partial charge in [-0.05, 0) is 50.3 Å². The number of carbonyl (C=O) groups excluding carboxylic acids is 2. The summed E-state index contributed by atoms with van der Waals surface area (Å²) in [6.07, 6.45) is 1.47. The van der Waals surface area contributed by atoms with Crippen molar-refractivity contribution >= 4 is 34.5 Å². The molecule has 204 valence electrons. The lowest BCUT2D eigenvalue weighted by Gasteiger charge is -2.38. The van der Waals surface area contributed by atoms with Crippen LogP contribution in [0.2, 0.25) is 5.02 Å². The van der Waals surface area contributed by atoms with Gasteiger partial charge in [-0.2, -0.15) is 0 Å². The minimum absolute atomic E-state index is 0.0476. The van der Waals surface area contributed by atoms with E-state index in [-0.39, 0.29) is 33.9 Å². The number of furan rings is 1. The molecule has 0 spiro atoms. The van der Waals surface area contributed by atoms with Gasteiger partial charge in [0, 0.05) is 42.7 Å². The molecule has 1 aliphatic rings. The lowest BCUT2D eigenvalue weighted by atomic mass is 9.86. The maximum atomic E-state index is 14.2. The molecule has 1 saturated heterocycles. The van der Waals surface area contributed by atoms with E-state index in [0.29, 0.717) is 48.4 Å². The van der Waals surface area contributed by atoms with Crippen LogP contribution in [0.15, 0.2) is 34.7 Å². The Labute approximate surface area is 229 Å². The standard InChI is InChI=1S/C30H37ClFN3O3/c1-8-18(2)27(36)34-12-9-13-35(30(6,7)17-34)28(37)25-16-24-26(38-25)20(29(3,4)5)15-23(33-24)19-10-11-21(31)22(32)14-19/h10-11,14-16,18H,8-9,12-13,17H2,1-7H3. The number of amides is 2. The van der Waals surface area contributed by atoms with Crippen LogP contribution in [0.4, 0.5) is 4.39 Å². The highest BCUT2D eigenvalue weighted by molar-refractivity contribution is 6.30. The summed E-state index contributed by atoms with van der Waals surface area (Å²) in [7, 11) is 0. The fourth-order valence-electron chi connectivity index (χ4n) is 5.03. The molecule has 3 heterocycles. The number of aromatic nitrogens is 1. The summed E-state index contributed by atoms with van der Waals surface area (Å²) in [5.41, 5.74) is 2.21. The van der Waals surface area contributed by atoms with Crippen LogP contribution >= 0.6 is 11.6 Å². The van der Waals surface area contributed by atoms with Crippen LogP contribution < -0.4 is 0 Å². The van der Waals surface area contributed by atoms with E-state index in [4.69, 9.17) is 21.0 Å². The predicted octanol–water partition coefficient (Wildman–Crippen LogP) is 7.08. The normalized spacial score (nSPS) is 17.0. The number of hydrogen-bond acceptors (Lipinski definition) is 4. The lowest BCUT2D eigenvalue weighted by Crippen LogP contribution is -2.53. The molecule has 1 fully saturated rings. The van der Waals surface area contributed by atoms with E-state index in [0.717, 1.165) is 12.0 Å². The lowest BCUT2D eigenvalue weighted by molar-refractivity contribution is -0.136. The van der Waals surface area contributed by atoms with E-state index < -0.39 is 11.4 Å². The molecular weight excluding hydrogens is 505 g/mol. The van der Waals surface area contributed by atoms with Crippen LogP contribution in [0.3, 0.4) is 0 Å². The van der Waals surface area contributed by atoms with Crippen LogP contribution in [-0.4, -0.2) is 51.8 Å². The predicted molar refractivity (Wildman–Crippen MR) is 149 cm³/mol. The quantitative estimate of drug-likeness (QED) is 0.354. The highest BCUT2D eigenvalue weighted by atomic mass is 35.5. The summed E-state index contributed by atoms with van der Waals surface area (Å²) in [4.78, 5) is 35.2. The third-order valence-corrected chi connectivity index (χ3v) is 7.73. The maximum absolute atomic E-state index is 14.2.